The van der Waals surface area contributed by atoms with Gasteiger partial charge in [0.2, 0.25) is 0 Å². The smallest absolute Gasteiger partial charge is 0.119 e. The van der Waals surface area contributed by atoms with Gasteiger partial charge in [0.25, 0.3) is 0 Å². The number of benzene rings is 1. The van der Waals surface area contributed by atoms with Gasteiger partial charge in [-0.05, 0) is 59.7 Å². The van der Waals surface area contributed by atoms with E-state index in [2.05, 4.69) is 6.07 Å². The molecule has 5 rings (SSSR count). The summed E-state index contributed by atoms with van der Waals surface area (Å²) in [5.74, 6) is 5.13. The molecule has 186 valence electrons. The van der Waals surface area contributed by atoms with Crippen LogP contribution in [0.15, 0.2) is 90.5 Å². The standard InChI is InChI=1S/C28H30N4O4/c29-13-19-4-8-23(33-19)27(24-9-5-20(14-30)34-24)17-2-1-3-18(12-17)28(25-10-6-21(15-31)35-25)26-11-7-22(16-32)36-26/h1-12,27-28H,13-16,29-32H2. The van der Waals surface area contributed by atoms with E-state index in [9.17, 15) is 0 Å². The third-order valence-corrected chi connectivity index (χ3v) is 6.25. The highest BCUT2D eigenvalue weighted by Gasteiger charge is 2.28. The van der Waals surface area contributed by atoms with Gasteiger partial charge < -0.3 is 40.6 Å². The summed E-state index contributed by atoms with van der Waals surface area (Å²) in [6, 6.07) is 23.5. The number of furan rings is 4. The van der Waals surface area contributed by atoms with Crippen molar-refractivity contribution in [1.29, 1.82) is 0 Å². The summed E-state index contributed by atoms with van der Waals surface area (Å²) in [5.41, 5.74) is 25.2. The van der Waals surface area contributed by atoms with Gasteiger partial charge in [-0.2, -0.15) is 0 Å². The predicted octanol–water partition coefficient (Wildman–Crippen LogP) is 4.25. The maximum atomic E-state index is 6.07. The van der Waals surface area contributed by atoms with Crippen LogP contribution in [-0.4, -0.2) is 0 Å². The molecule has 0 unspecified atom stereocenters. The molecule has 0 radical (unpaired) electrons. The van der Waals surface area contributed by atoms with Crippen LogP contribution in [0.2, 0.25) is 0 Å². The van der Waals surface area contributed by atoms with Crippen LogP contribution >= 0.6 is 0 Å². The molecule has 4 heterocycles. The van der Waals surface area contributed by atoms with Crippen molar-refractivity contribution in [3.8, 4) is 0 Å². The minimum Gasteiger partial charge on any atom is -0.464 e. The molecule has 0 amide bonds. The third kappa shape index (κ3) is 4.67. The second-order valence-electron chi connectivity index (χ2n) is 8.57. The molecule has 0 fully saturated rings. The first kappa shape index (κ1) is 23.9. The summed E-state index contributed by atoms with van der Waals surface area (Å²) in [6.07, 6.45) is 0. The highest BCUT2D eigenvalue weighted by Crippen LogP contribution is 2.39. The molecule has 1 aromatic carbocycles. The molecule has 5 aromatic rings. The molecule has 8 heteroatoms. The highest BCUT2D eigenvalue weighted by atomic mass is 16.4. The largest absolute Gasteiger partial charge is 0.464 e. The highest BCUT2D eigenvalue weighted by molar-refractivity contribution is 5.43. The Labute approximate surface area is 208 Å². The minimum absolute atomic E-state index is 0.293. The average molecular weight is 487 g/mol. The fourth-order valence-corrected chi connectivity index (χ4v) is 4.49. The molecule has 4 aromatic heterocycles. The molecule has 0 saturated carbocycles. The first-order chi connectivity index (χ1) is 17.6. The maximum absolute atomic E-state index is 6.07. The zero-order valence-electron chi connectivity index (χ0n) is 19.9. The topological polar surface area (TPSA) is 157 Å². The molecule has 8 nitrogen and oxygen atoms in total. The lowest BCUT2D eigenvalue weighted by molar-refractivity contribution is 0.413. The molecule has 0 aliphatic carbocycles. The number of hydrogen-bond acceptors (Lipinski definition) is 8. The summed E-state index contributed by atoms with van der Waals surface area (Å²) in [6.45, 7) is 1.24. The van der Waals surface area contributed by atoms with Crippen molar-refractivity contribution in [3.05, 3.63) is 130 Å². The van der Waals surface area contributed by atoms with E-state index in [1.165, 1.54) is 0 Å². The molecule has 0 spiro atoms. The summed E-state index contributed by atoms with van der Waals surface area (Å²) in [7, 11) is 0. The van der Waals surface area contributed by atoms with Gasteiger partial charge in [-0.25, -0.2) is 0 Å². The van der Waals surface area contributed by atoms with Crippen LogP contribution in [0.5, 0.6) is 0 Å². The molecule has 0 atom stereocenters. The van der Waals surface area contributed by atoms with E-state index < -0.39 is 0 Å². The Kier molecular flexibility index (Phi) is 6.92. The van der Waals surface area contributed by atoms with E-state index in [0.29, 0.717) is 49.2 Å². The number of nitrogens with two attached hydrogens (primary N) is 4. The van der Waals surface area contributed by atoms with Crippen molar-refractivity contribution in [2.75, 3.05) is 0 Å². The van der Waals surface area contributed by atoms with Crippen LogP contribution in [0.3, 0.4) is 0 Å². The van der Waals surface area contributed by atoms with Gasteiger partial charge in [0.1, 0.15) is 57.9 Å². The van der Waals surface area contributed by atoms with Crippen molar-refractivity contribution < 1.29 is 17.7 Å². The van der Waals surface area contributed by atoms with Gasteiger partial charge >= 0.3 is 0 Å². The van der Waals surface area contributed by atoms with Gasteiger partial charge in [-0.1, -0.05) is 24.3 Å². The molecular weight excluding hydrogens is 456 g/mol. The van der Waals surface area contributed by atoms with Gasteiger partial charge in [-0.3, -0.25) is 0 Å². The molecule has 0 bridgehead atoms. The van der Waals surface area contributed by atoms with Gasteiger partial charge in [0.15, 0.2) is 0 Å². The van der Waals surface area contributed by atoms with E-state index in [0.717, 1.165) is 34.2 Å². The van der Waals surface area contributed by atoms with Crippen molar-refractivity contribution in [2.24, 2.45) is 22.9 Å². The minimum atomic E-state index is -0.293. The van der Waals surface area contributed by atoms with Gasteiger partial charge in [-0.15, -0.1) is 0 Å². The van der Waals surface area contributed by atoms with Crippen molar-refractivity contribution in [2.45, 2.75) is 38.0 Å². The normalized spacial score (nSPS) is 11.7. The summed E-state index contributed by atoms with van der Waals surface area (Å²) >= 11 is 0. The second kappa shape index (κ2) is 10.4. The monoisotopic (exact) mass is 486 g/mol. The molecule has 0 aliphatic heterocycles. The van der Waals surface area contributed by atoms with Crippen LogP contribution in [0, 0.1) is 0 Å². The Morgan fingerprint density at radius 2 is 0.750 bits per heavy atom. The van der Waals surface area contributed by atoms with Crippen LogP contribution in [-0.2, 0) is 26.2 Å². The molecule has 0 saturated heterocycles. The van der Waals surface area contributed by atoms with E-state index in [-0.39, 0.29) is 11.8 Å². The quantitative estimate of drug-likeness (QED) is 0.228. The van der Waals surface area contributed by atoms with Crippen molar-refractivity contribution in [3.63, 3.8) is 0 Å². The molecular formula is C28H30N4O4. The fraction of sp³-hybridized carbons (Fsp3) is 0.214. The van der Waals surface area contributed by atoms with Crippen LogP contribution < -0.4 is 22.9 Å². The van der Waals surface area contributed by atoms with E-state index >= 15 is 0 Å². The summed E-state index contributed by atoms with van der Waals surface area (Å²) in [4.78, 5) is 0. The Bertz CT molecular complexity index is 1240. The maximum Gasteiger partial charge on any atom is 0.119 e. The zero-order valence-corrected chi connectivity index (χ0v) is 19.9. The van der Waals surface area contributed by atoms with Crippen molar-refractivity contribution in [1.82, 2.24) is 0 Å². The third-order valence-electron chi connectivity index (χ3n) is 6.25. The van der Waals surface area contributed by atoms with Crippen LogP contribution in [0.4, 0.5) is 0 Å². The number of rotatable bonds is 10. The lowest BCUT2D eigenvalue weighted by Gasteiger charge is -2.18. The van der Waals surface area contributed by atoms with E-state index in [1.54, 1.807) is 0 Å². The first-order valence-electron chi connectivity index (χ1n) is 11.9. The van der Waals surface area contributed by atoms with Gasteiger partial charge in [0, 0.05) is 0 Å². The second-order valence-corrected chi connectivity index (χ2v) is 8.57. The SMILES string of the molecule is NCc1ccc(C(c2cccc(C(c3ccc(CN)o3)c3ccc(CN)o3)c2)c2ccc(CN)o2)o1. The summed E-state index contributed by atoms with van der Waals surface area (Å²) < 4.78 is 24.3. The van der Waals surface area contributed by atoms with Crippen LogP contribution in [0.1, 0.15) is 69.0 Å². The first-order valence-corrected chi connectivity index (χ1v) is 11.9. The Morgan fingerprint density at radius 3 is 1.00 bits per heavy atom. The van der Waals surface area contributed by atoms with Gasteiger partial charge in [0.05, 0.1) is 26.2 Å². The lowest BCUT2D eigenvalue weighted by Crippen LogP contribution is -2.06. The molecule has 0 aliphatic rings. The molecule has 8 N–H and O–H groups in total. The Balaban J connectivity index is 1.62. The predicted molar refractivity (Wildman–Crippen MR) is 135 cm³/mol. The Hall–Kier alpha value is -3.82. The fourth-order valence-electron chi connectivity index (χ4n) is 4.49. The van der Waals surface area contributed by atoms with Crippen molar-refractivity contribution >= 4 is 0 Å². The summed E-state index contributed by atoms with van der Waals surface area (Å²) in [5, 5.41) is 0. The van der Waals surface area contributed by atoms with Crippen LogP contribution in [0.25, 0.3) is 0 Å². The zero-order chi connectivity index (χ0) is 25.1. The lowest BCUT2D eigenvalue weighted by atomic mass is 9.88. The molecule has 36 heavy (non-hydrogen) atoms. The number of hydrogen-bond donors (Lipinski definition) is 4. The van der Waals surface area contributed by atoms with E-state index in [1.807, 2.05) is 66.7 Å². The van der Waals surface area contributed by atoms with E-state index in [4.69, 9.17) is 40.6 Å². The average Bonchev–Trinajstić information content (AvgIpc) is 3.72. The Morgan fingerprint density at radius 1 is 0.444 bits per heavy atom.